The van der Waals surface area contributed by atoms with Gasteiger partial charge in [-0.05, 0) is 54.1 Å². The first kappa shape index (κ1) is 21.0. The Kier molecular flexibility index (Phi) is 6.32. The van der Waals surface area contributed by atoms with E-state index in [1.54, 1.807) is 30.3 Å². The fourth-order valence-electron chi connectivity index (χ4n) is 2.65. The van der Waals surface area contributed by atoms with Crippen molar-refractivity contribution in [3.63, 3.8) is 0 Å². The largest absolute Gasteiger partial charge is 0.319 e. The maximum atomic E-state index is 13.7. The molecule has 29 heavy (non-hydrogen) atoms. The molecule has 0 bridgehead atoms. The zero-order valence-corrected chi connectivity index (χ0v) is 17.0. The molecule has 0 saturated carbocycles. The number of nitrogens with one attached hydrogen (secondary N) is 1. The van der Waals surface area contributed by atoms with E-state index >= 15 is 0 Å². The SMILES string of the molecule is CN(Cc1ccc(C(=O)Nc2ccccc2F)cc1)S(=O)(=O)c1ccc(Cl)cc1. The molecule has 0 saturated heterocycles. The van der Waals surface area contributed by atoms with Gasteiger partial charge in [-0.15, -0.1) is 0 Å². The Morgan fingerprint density at radius 1 is 1.00 bits per heavy atom. The molecule has 1 amide bonds. The van der Waals surface area contributed by atoms with Crippen molar-refractivity contribution in [2.75, 3.05) is 12.4 Å². The molecule has 0 aromatic heterocycles. The zero-order chi connectivity index (χ0) is 21.0. The van der Waals surface area contributed by atoms with Gasteiger partial charge in [-0.25, -0.2) is 12.8 Å². The Morgan fingerprint density at radius 2 is 1.62 bits per heavy atom. The minimum Gasteiger partial charge on any atom is -0.319 e. The molecule has 0 fully saturated rings. The number of sulfonamides is 1. The number of amides is 1. The van der Waals surface area contributed by atoms with Crippen molar-refractivity contribution in [2.24, 2.45) is 0 Å². The summed E-state index contributed by atoms with van der Waals surface area (Å²) in [6.07, 6.45) is 0. The standard InChI is InChI=1S/C21H18ClFN2O3S/c1-25(29(27,28)18-12-10-17(22)11-13-18)14-15-6-8-16(9-7-15)21(26)24-20-5-3-2-4-19(20)23/h2-13H,14H2,1H3,(H,24,26). The summed E-state index contributed by atoms with van der Waals surface area (Å²) in [5.74, 6) is -0.977. The van der Waals surface area contributed by atoms with Crippen molar-refractivity contribution < 1.29 is 17.6 Å². The summed E-state index contributed by atoms with van der Waals surface area (Å²) in [6, 6.07) is 18.3. The second-order valence-corrected chi connectivity index (χ2v) is 8.83. The van der Waals surface area contributed by atoms with Crippen LogP contribution in [0, 0.1) is 5.82 Å². The van der Waals surface area contributed by atoms with E-state index in [2.05, 4.69) is 5.32 Å². The van der Waals surface area contributed by atoms with Crippen LogP contribution in [-0.2, 0) is 16.6 Å². The summed E-state index contributed by atoms with van der Waals surface area (Å²) in [5.41, 5.74) is 1.13. The quantitative estimate of drug-likeness (QED) is 0.621. The van der Waals surface area contributed by atoms with Crippen LogP contribution in [0.25, 0.3) is 0 Å². The molecule has 0 radical (unpaired) electrons. The fourth-order valence-corrected chi connectivity index (χ4v) is 3.93. The van der Waals surface area contributed by atoms with E-state index in [9.17, 15) is 17.6 Å². The van der Waals surface area contributed by atoms with Gasteiger partial charge in [-0.1, -0.05) is 35.9 Å². The molecule has 0 atom stereocenters. The number of nitrogens with zero attached hydrogens (tertiary/aromatic N) is 1. The lowest BCUT2D eigenvalue weighted by Crippen LogP contribution is -2.26. The molecule has 0 aliphatic heterocycles. The first-order chi connectivity index (χ1) is 13.8. The lowest BCUT2D eigenvalue weighted by Gasteiger charge is -2.17. The van der Waals surface area contributed by atoms with E-state index in [0.717, 1.165) is 0 Å². The van der Waals surface area contributed by atoms with Crippen LogP contribution in [0.4, 0.5) is 10.1 Å². The van der Waals surface area contributed by atoms with Gasteiger partial charge < -0.3 is 5.32 Å². The van der Waals surface area contributed by atoms with Crippen molar-refractivity contribution in [2.45, 2.75) is 11.4 Å². The number of hydrogen-bond donors (Lipinski definition) is 1. The molecule has 5 nitrogen and oxygen atoms in total. The van der Waals surface area contributed by atoms with Crippen LogP contribution < -0.4 is 5.32 Å². The minimum atomic E-state index is -3.67. The van der Waals surface area contributed by atoms with Crippen LogP contribution in [0.15, 0.2) is 77.7 Å². The number of benzene rings is 3. The summed E-state index contributed by atoms with van der Waals surface area (Å²) in [7, 11) is -2.20. The molecule has 1 N–H and O–H groups in total. The van der Waals surface area contributed by atoms with Crippen LogP contribution in [0.3, 0.4) is 0 Å². The zero-order valence-electron chi connectivity index (χ0n) is 15.5. The van der Waals surface area contributed by atoms with Gasteiger partial charge in [0.1, 0.15) is 5.82 Å². The number of halogens is 2. The molecule has 150 valence electrons. The highest BCUT2D eigenvalue weighted by molar-refractivity contribution is 7.89. The van der Waals surface area contributed by atoms with Gasteiger partial charge >= 0.3 is 0 Å². The predicted molar refractivity (Wildman–Crippen MR) is 111 cm³/mol. The number of hydrogen-bond acceptors (Lipinski definition) is 3. The number of para-hydroxylation sites is 1. The van der Waals surface area contributed by atoms with E-state index in [0.29, 0.717) is 16.1 Å². The van der Waals surface area contributed by atoms with Gasteiger partial charge in [-0.2, -0.15) is 4.31 Å². The van der Waals surface area contributed by atoms with Crippen molar-refractivity contribution >= 4 is 33.2 Å². The first-order valence-corrected chi connectivity index (χ1v) is 10.5. The van der Waals surface area contributed by atoms with Crippen molar-refractivity contribution in [1.82, 2.24) is 4.31 Å². The van der Waals surface area contributed by atoms with Crippen LogP contribution in [-0.4, -0.2) is 25.7 Å². The molecule has 3 rings (SSSR count). The van der Waals surface area contributed by atoms with Crippen LogP contribution in [0.5, 0.6) is 0 Å². The van der Waals surface area contributed by atoms with Crippen LogP contribution in [0.1, 0.15) is 15.9 Å². The van der Waals surface area contributed by atoms with Gasteiger partial charge in [0.2, 0.25) is 10.0 Å². The Hall–Kier alpha value is -2.74. The lowest BCUT2D eigenvalue weighted by atomic mass is 10.1. The van der Waals surface area contributed by atoms with Crippen molar-refractivity contribution in [3.8, 4) is 0 Å². The van der Waals surface area contributed by atoms with Gasteiger partial charge in [0.15, 0.2) is 0 Å². The van der Waals surface area contributed by atoms with Gasteiger partial charge in [0.05, 0.1) is 10.6 Å². The number of rotatable bonds is 6. The molecular weight excluding hydrogens is 415 g/mol. The van der Waals surface area contributed by atoms with E-state index in [4.69, 9.17) is 11.6 Å². The van der Waals surface area contributed by atoms with Crippen LogP contribution >= 0.6 is 11.6 Å². The third-order valence-electron chi connectivity index (χ3n) is 4.27. The van der Waals surface area contributed by atoms with E-state index in [-0.39, 0.29) is 17.1 Å². The van der Waals surface area contributed by atoms with E-state index < -0.39 is 21.7 Å². The average Bonchev–Trinajstić information content (AvgIpc) is 2.70. The summed E-state index contributed by atoms with van der Waals surface area (Å²) in [4.78, 5) is 12.4. The van der Waals surface area contributed by atoms with Gasteiger partial charge in [-0.3, -0.25) is 4.79 Å². The molecular formula is C21H18ClFN2O3S. The predicted octanol–water partition coefficient (Wildman–Crippen LogP) is 4.55. The third-order valence-corrected chi connectivity index (χ3v) is 6.33. The van der Waals surface area contributed by atoms with E-state index in [1.807, 2.05) is 0 Å². The summed E-state index contributed by atoms with van der Waals surface area (Å²) >= 11 is 5.81. The summed E-state index contributed by atoms with van der Waals surface area (Å²) in [6.45, 7) is 0.125. The molecule has 0 unspecified atom stereocenters. The highest BCUT2D eigenvalue weighted by Crippen LogP contribution is 2.20. The first-order valence-electron chi connectivity index (χ1n) is 8.64. The van der Waals surface area contributed by atoms with Crippen molar-refractivity contribution in [1.29, 1.82) is 0 Å². The molecule has 0 spiro atoms. The van der Waals surface area contributed by atoms with Gasteiger partial charge in [0, 0.05) is 24.2 Å². The summed E-state index contributed by atoms with van der Waals surface area (Å²) in [5, 5.41) is 2.96. The highest BCUT2D eigenvalue weighted by atomic mass is 35.5. The molecule has 3 aromatic carbocycles. The van der Waals surface area contributed by atoms with Crippen molar-refractivity contribution in [3.05, 3.63) is 94.8 Å². The number of carbonyl (C=O) groups excluding carboxylic acids is 1. The smallest absolute Gasteiger partial charge is 0.255 e. The monoisotopic (exact) mass is 432 g/mol. The molecule has 8 heteroatoms. The van der Waals surface area contributed by atoms with Crippen LogP contribution in [0.2, 0.25) is 5.02 Å². The second-order valence-electron chi connectivity index (χ2n) is 6.35. The molecule has 3 aromatic rings. The maximum absolute atomic E-state index is 13.7. The number of anilines is 1. The average molecular weight is 433 g/mol. The van der Waals surface area contributed by atoms with Gasteiger partial charge in [0.25, 0.3) is 5.91 Å². The normalized spacial score (nSPS) is 11.4. The minimum absolute atomic E-state index is 0.0929. The third kappa shape index (κ3) is 5.00. The Morgan fingerprint density at radius 3 is 2.24 bits per heavy atom. The van der Waals surface area contributed by atoms with E-state index in [1.165, 1.54) is 53.8 Å². The Balaban J connectivity index is 1.69. The molecule has 0 heterocycles. The fraction of sp³-hybridized carbons (Fsp3) is 0.0952. The Bertz CT molecular complexity index is 1120. The number of carbonyl (C=O) groups is 1. The molecule has 0 aliphatic rings. The Labute approximate surface area is 173 Å². The lowest BCUT2D eigenvalue weighted by molar-refractivity contribution is 0.102. The second kappa shape index (κ2) is 8.73. The maximum Gasteiger partial charge on any atom is 0.255 e. The highest BCUT2D eigenvalue weighted by Gasteiger charge is 2.21. The topological polar surface area (TPSA) is 66.5 Å². The summed E-state index contributed by atoms with van der Waals surface area (Å²) < 4.78 is 40.2. The molecule has 0 aliphatic carbocycles.